The summed E-state index contributed by atoms with van der Waals surface area (Å²) in [6.45, 7) is 0. The molecule has 3 heterocycles. The lowest BCUT2D eigenvalue weighted by molar-refractivity contribution is 0.669. The normalized spacial score (nSPS) is 11.4. The van der Waals surface area contributed by atoms with Crippen LogP contribution in [-0.2, 0) is 0 Å². The summed E-state index contributed by atoms with van der Waals surface area (Å²) in [5.41, 5.74) is 14.5. The first-order valence-electron chi connectivity index (χ1n) is 21.2. The molecule has 12 rings (SSSR count). The highest BCUT2D eigenvalue weighted by Gasteiger charge is 2.19. The Morgan fingerprint density at radius 1 is 0.375 bits per heavy atom. The summed E-state index contributed by atoms with van der Waals surface area (Å²) in [7, 11) is 0. The van der Waals surface area contributed by atoms with Crippen LogP contribution in [0.1, 0.15) is 5.56 Å². The maximum Gasteiger partial charge on any atom is 0.164 e. The molecule has 0 bridgehead atoms. The van der Waals surface area contributed by atoms with Gasteiger partial charge in [0.2, 0.25) is 0 Å². The Morgan fingerprint density at radius 3 is 1.72 bits per heavy atom. The van der Waals surface area contributed by atoms with Gasteiger partial charge in [0.05, 0.1) is 22.7 Å². The minimum Gasteiger partial charge on any atom is -0.456 e. The van der Waals surface area contributed by atoms with Gasteiger partial charge in [0.15, 0.2) is 17.5 Å². The number of fused-ring (bicyclic) bond motifs is 6. The zero-order valence-corrected chi connectivity index (χ0v) is 34.4. The monoisotopic (exact) mass is 817 g/mol. The van der Waals surface area contributed by atoms with Crippen molar-refractivity contribution in [3.8, 4) is 79.3 Å². The molecule has 0 amide bonds. The summed E-state index contributed by atoms with van der Waals surface area (Å²) >= 11 is 0. The second-order valence-electron chi connectivity index (χ2n) is 15.9. The maximum atomic E-state index is 9.64. The van der Waals surface area contributed by atoms with E-state index in [-0.39, 0.29) is 0 Å². The number of rotatable bonds is 7. The van der Waals surface area contributed by atoms with Gasteiger partial charge in [-0.25, -0.2) is 15.0 Å². The van der Waals surface area contributed by atoms with Crippen LogP contribution in [0.25, 0.3) is 117 Å². The van der Waals surface area contributed by atoms with Crippen LogP contribution in [0.3, 0.4) is 0 Å². The van der Waals surface area contributed by atoms with Gasteiger partial charge in [-0.2, -0.15) is 5.26 Å². The molecule has 0 aliphatic rings. The molecule has 3 aromatic heterocycles. The molecule has 0 unspecified atom stereocenters. The Labute approximate surface area is 368 Å². The Balaban J connectivity index is 1.02. The van der Waals surface area contributed by atoms with E-state index in [4.69, 9.17) is 19.4 Å². The van der Waals surface area contributed by atoms with E-state index in [1.54, 1.807) is 0 Å². The lowest BCUT2D eigenvalue weighted by atomic mass is 9.96. The molecule has 12 aromatic rings. The third-order valence-electron chi connectivity index (χ3n) is 12.1. The summed E-state index contributed by atoms with van der Waals surface area (Å²) < 4.78 is 8.94. The van der Waals surface area contributed by atoms with Gasteiger partial charge < -0.3 is 8.98 Å². The smallest absolute Gasteiger partial charge is 0.164 e. The molecule has 0 N–H and O–H groups in total. The molecule has 0 aliphatic heterocycles. The van der Waals surface area contributed by atoms with Gasteiger partial charge in [-0.1, -0.05) is 133 Å². The van der Waals surface area contributed by atoms with Crippen molar-refractivity contribution < 1.29 is 4.42 Å². The third kappa shape index (κ3) is 6.39. The number of aromatic nitrogens is 4. The lowest BCUT2D eigenvalue weighted by Gasteiger charge is -2.11. The molecule has 0 aliphatic carbocycles. The van der Waals surface area contributed by atoms with Crippen LogP contribution >= 0.6 is 0 Å². The highest BCUT2D eigenvalue weighted by molar-refractivity contribution is 6.13. The van der Waals surface area contributed by atoms with Gasteiger partial charge in [0.1, 0.15) is 11.2 Å². The van der Waals surface area contributed by atoms with E-state index in [1.807, 2.05) is 66.7 Å². The zero-order valence-electron chi connectivity index (χ0n) is 34.4. The molecule has 6 heteroatoms. The number of nitrogens with zero attached hydrogens (tertiary/aromatic N) is 5. The minimum atomic E-state index is 0.529. The molecule has 64 heavy (non-hydrogen) atoms. The second kappa shape index (κ2) is 15.2. The molecule has 0 spiro atoms. The molecule has 0 fully saturated rings. The van der Waals surface area contributed by atoms with Gasteiger partial charge in [-0.05, 0) is 112 Å². The van der Waals surface area contributed by atoms with Crippen LogP contribution in [0.5, 0.6) is 0 Å². The van der Waals surface area contributed by atoms with Crippen LogP contribution in [-0.4, -0.2) is 19.5 Å². The van der Waals surface area contributed by atoms with Crippen molar-refractivity contribution >= 4 is 43.7 Å². The fourth-order valence-electron chi connectivity index (χ4n) is 9.04. The van der Waals surface area contributed by atoms with Crippen LogP contribution < -0.4 is 0 Å². The first kappa shape index (κ1) is 36.9. The van der Waals surface area contributed by atoms with Crippen molar-refractivity contribution in [1.82, 2.24) is 19.5 Å². The maximum absolute atomic E-state index is 9.64. The zero-order chi connectivity index (χ0) is 42.6. The molecule has 0 radical (unpaired) electrons. The second-order valence-corrected chi connectivity index (χ2v) is 15.9. The van der Waals surface area contributed by atoms with Crippen molar-refractivity contribution in [3.05, 3.63) is 218 Å². The fourth-order valence-corrected chi connectivity index (χ4v) is 9.04. The Hall–Kier alpha value is -8.92. The standard InChI is InChI=1S/C58H35N5O/c59-36-37-13-9-16-39(31-37)41-18-11-20-43(33-41)56-60-57(44-28-30-52-50(34-44)48-23-7-8-25-51(48)63(52)46-21-5-2-6-22-46)62-58(61-56)45-27-29-49-54(35-45)64-53-26-12-24-47(55(49)53)42-19-10-17-40(32-42)38-14-3-1-4-15-38/h1-35H. The third-order valence-corrected chi connectivity index (χ3v) is 12.1. The van der Waals surface area contributed by atoms with Gasteiger partial charge in [-0.3, -0.25) is 0 Å². The van der Waals surface area contributed by atoms with Gasteiger partial charge >= 0.3 is 0 Å². The number of para-hydroxylation sites is 2. The molecule has 0 atom stereocenters. The van der Waals surface area contributed by atoms with Crippen molar-refractivity contribution in [2.45, 2.75) is 0 Å². The summed E-state index contributed by atoms with van der Waals surface area (Å²) in [5.74, 6) is 1.62. The first-order valence-corrected chi connectivity index (χ1v) is 21.2. The topological polar surface area (TPSA) is 80.5 Å². The number of hydrogen-bond donors (Lipinski definition) is 0. The van der Waals surface area contributed by atoms with Crippen LogP contribution in [0.4, 0.5) is 0 Å². The first-order chi connectivity index (χ1) is 31.6. The molecular weight excluding hydrogens is 783 g/mol. The van der Waals surface area contributed by atoms with E-state index in [0.717, 1.165) is 93.9 Å². The highest BCUT2D eigenvalue weighted by Crippen LogP contribution is 2.40. The molecule has 0 saturated carbocycles. The lowest BCUT2D eigenvalue weighted by Crippen LogP contribution is -2.00. The van der Waals surface area contributed by atoms with E-state index in [1.165, 1.54) is 5.56 Å². The highest BCUT2D eigenvalue weighted by atomic mass is 16.3. The molecule has 9 aromatic carbocycles. The number of benzene rings is 9. The summed E-state index contributed by atoms with van der Waals surface area (Å²) in [6.07, 6.45) is 0. The van der Waals surface area contributed by atoms with E-state index >= 15 is 0 Å². The predicted octanol–water partition coefficient (Wildman–Crippen LogP) is 14.7. The van der Waals surface area contributed by atoms with Gasteiger partial charge in [0, 0.05) is 43.9 Å². The van der Waals surface area contributed by atoms with Crippen LogP contribution in [0, 0.1) is 11.3 Å². The van der Waals surface area contributed by atoms with E-state index in [0.29, 0.717) is 23.0 Å². The van der Waals surface area contributed by atoms with Gasteiger partial charge in [0.25, 0.3) is 0 Å². The van der Waals surface area contributed by atoms with Crippen molar-refractivity contribution in [2.75, 3.05) is 0 Å². The average Bonchev–Trinajstić information content (AvgIpc) is 3.92. The van der Waals surface area contributed by atoms with E-state index < -0.39 is 0 Å². The van der Waals surface area contributed by atoms with Crippen molar-refractivity contribution in [3.63, 3.8) is 0 Å². The number of furan rings is 1. The van der Waals surface area contributed by atoms with Gasteiger partial charge in [-0.15, -0.1) is 0 Å². The van der Waals surface area contributed by atoms with Crippen LogP contribution in [0.15, 0.2) is 217 Å². The average molecular weight is 818 g/mol. The Morgan fingerprint density at radius 2 is 0.938 bits per heavy atom. The molecular formula is C58H35N5O. The van der Waals surface area contributed by atoms with E-state index in [9.17, 15) is 5.26 Å². The molecule has 0 saturated heterocycles. The SMILES string of the molecule is N#Cc1cccc(-c2cccc(-c3nc(-c4ccc5c(c4)oc4cccc(-c6cccc(-c7ccccc7)c6)c45)nc(-c4ccc5c(c4)c4ccccc4n5-c4ccccc4)n3)c2)c1. The summed E-state index contributed by atoms with van der Waals surface area (Å²) in [5, 5.41) is 14.0. The Bertz CT molecular complexity index is 3800. The summed E-state index contributed by atoms with van der Waals surface area (Å²) in [6, 6.07) is 75.1. The molecule has 6 nitrogen and oxygen atoms in total. The predicted molar refractivity (Wildman–Crippen MR) is 259 cm³/mol. The number of nitriles is 1. The van der Waals surface area contributed by atoms with Crippen molar-refractivity contribution in [2.24, 2.45) is 0 Å². The molecule has 298 valence electrons. The fraction of sp³-hybridized carbons (Fsp3) is 0. The van der Waals surface area contributed by atoms with Crippen LogP contribution in [0.2, 0.25) is 0 Å². The quantitative estimate of drug-likeness (QED) is 0.160. The summed E-state index contributed by atoms with van der Waals surface area (Å²) in [4.78, 5) is 15.6. The largest absolute Gasteiger partial charge is 0.456 e. The Kier molecular flexibility index (Phi) is 8.77. The number of hydrogen-bond acceptors (Lipinski definition) is 5. The van der Waals surface area contributed by atoms with Crippen molar-refractivity contribution in [1.29, 1.82) is 5.26 Å². The minimum absolute atomic E-state index is 0.529. The van der Waals surface area contributed by atoms with E-state index in [2.05, 4.69) is 156 Å².